The summed E-state index contributed by atoms with van der Waals surface area (Å²) in [7, 11) is 1.65. The zero-order valence-corrected chi connectivity index (χ0v) is 14.8. The van der Waals surface area contributed by atoms with E-state index < -0.39 is 5.54 Å². The number of carbonyl (C=O) groups is 1. The lowest BCUT2D eigenvalue weighted by molar-refractivity contribution is -0.128. The van der Waals surface area contributed by atoms with Crippen LogP contribution in [0.1, 0.15) is 23.8 Å². The van der Waals surface area contributed by atoms with E-state index in [-0.39, 0.29) is 11.9 Å². The van der Waals surface area contributed by atoms with E-state index in [0.717, 1.165) is 26.6 Å². The van der Waals surface area contributed by atoms with Crippen LogP contribution in [0.15, 0.2) is 34.6 Å². The number of carbonyl (C=O) groups excluding carboxylic acids is 1. The highest BCUT2D eigenvalue weighted by Crippen LogP contribution is 2.39. The molecule has 1 aliphatic heterocycles. The van der Waals surface area contributed by atoms with E-state index >= 15 is 0 Å². The second kappa shape index (κ2) is 5.65. The first kappa shape index (κ1) is 16.0. The van der Waals surface area contributed by atoms with Crippen LogP contribution < -0.4 is 5.73 Å². The third-order valence-electron chi connectivity index (χ3n) is 4.20. The molecular formula is C17H18ClN3OS. The Morgan fingerprint density at radius 3 is 2.74 bits per heavy atom. The summed E-state index contributed by atoms with van der Waals surface area (Å²) in [5.74, 6) is 0.248. The van der Waals surface area contributed by atoms with Gasteiger partial charge >= 0.3 is 0 Å². The Morgan fingerprint density at radius 2 is 2.09 bits per heavy atom. The molecule has 1 amide bonds. The molecule has 0 spiro atoms. The lowest BCUT2D eigenvalue weighted by Gasteiger charge is -2.32. The highest BCUT2D eigenvalue weighted by atomic mass is 35.5. The number of benzene rings is 1. The molecule has 2 N–H and O–H groups in total. The summed E-state index contributed by atoms with van der Waals surface area (Å²) >= 11 is 7.69. The van der Waals surface area contributed by atoms with Gasteiger partial charge < -0.3 is 5.73 Å². The standard InChI is InChI=1S/C17H18ClN3OS/c1-10-6-11(4-5-13(10)18)12-7-14(23-9-12)17(2)8-15(22)21(3)16(19)20-17/h4-7,9H,8H2,1-3H3,(H2,19,20)/t17-/m0/s1. The summed E-state index contributed by atoms with van der Waals surface area (Å²) in [5.41, 5.74) is 8.53. The Hall–Kier alpha value is -1.85. The number of rotatable bonds is 2. The molecule has 3 rings (SSSR count). The van der Waals surface area contributed by atoms with Gasteiger partial charge in [-0.2, -0.15) is 0 Å². The number of hydrogen-bond donors (Lipinski definition) is 1. The highest BCUT2D eigenvalue weighted by molar-refractivity contribution is 7.10. The SMILES string of the molecule is Cc1cc(-c2csc([C@]3(C)CC(=O)N(C)C(N)=N3)c2)ccc1Cl. The number of thiophene rings is 1. The summed E-state index contributed by atoms with van der Waals surface area (Å²) in [6.07, 6.45) is 0.323. The predicted octanol–water partition coefficient (Wildman–Crippen LogP) is 3.77. The van der Waals surface area contributed by atoms with Crippen LogP contribution >= 0.6 is 22.9 Å². The minimum Gasteiger partial charge on any atom is -0.369 e. The van der Waals surface area contributed by atoms with Gasteiger partial charge in [0.05, 0.1) is 6.42 Å². The zero-order chi connectivity index (χ0) is 16.8. The molecule has 0 bridgehead atoms. The molecule has 0 radical (unpaired) electrons. The van der Waals surface area contributed by atoms with Crippen molar-refractivity contribution in [2.75, 3.05) is 7.05 Å². The average Bonchev–Trinajstić information content (AvgIpc) is 2.98. The van der Waals surface area contributed by atoms with E-state index in [4.69, 9.17) is 17.3 Å². The summed E-state index contributed by atoms with van der Waals surface area (Å²) in [6.45, 7) is 3.94. The van der Waals surface area contributed by atoms with E-state index in [1.807, 2.05) is 26.0 Å². The van der Waals surface area contributed by atoms with Gasteiger partial charge in [0, 0.05) is 16.9 Å². The number of nitrogens with zero attached hydrogens (tertiary/aromatic N) is 2. The minimum absolute atomic E-state index is 0.0164. The normalized spacial score (nSPS) is 21.5. The van der Waals surface area contributed by atoms with Crippen molar-refractivity contribution in [1.82, 2.24) is 4.90 Å². The van der Waals surface area contributed by atoms with E-state index in [1.165, 1.54) is 4.90 Å². The van der Waals surface area contributed by atoms with Gasteiger partial charge in [0.15, 0.2) is 5.96 Å². The van der Waals surface area contributed by atoms with Crippen molar-refractivity contribution in [3.05, 3.63) is 45.1 Å². The Morgan fingerprint density at radius 1 is 1.35 bits per heavy atom. The second-order valence-corrected chi connectivity index (χ2v) is 7.36. The third kappa shape index (κ3) is 2.86. The van der Waals surface area contributed by atoms with E-state index in [0.29, 0.717) is 6.42 Å². The number of amides is 1. The first-order chi connectivity index (χ1) is 10.8. The van der Waals surface area contributed by atoms with Crippen LogP contribution in [0, 0.1) is 6.92 Å². The van der Waals surface area contributed by atoms with Gasteiger partial charge in [-0.25, -0.2) is 4.99 Å². The van der Waals surface area contributed by atoms with Crippen LogP contribution in [-0.4, -0.2) is 23.8 Å². The highest BCUT2D eigenvalue weighted by Gasteiger charge is 2.37. The largest absolute Gasteiger partial charge is 0.369 e. The maximum absolute atomic E-state index is 12.1. The lowest BCUT2D eigenvalue weighted by atomic mass is 9.93. The molecule has 0 unspecified atom stereocenters. The molecule has 1 aliphatic rings. The number of nitrogens with two attached hydrogens (primary N) is 1. The van der Waals surface area contributed by atoms with Gasteiger partial charge in [-0.1, -0.05) is 17.7 Å². The first-order valence-electron chi connectivity index (χ1n) is 7.27. The van der Waals surface area contributed by atoms with Gasteiger partial charge in [-0.15, -0.1) is 11.3 Å². The second-order valence-electron chi connectivity index (χ2n) is 6.04. The summed E-state index contributed by atoms with van der Waals surface area (Å²) in [5, 5.41) is 2.84. The van der Waals surface area contributed by atoms with Crippen molar-refractivity contribution in [2.45, 2.75) is 25.8 Å². The number of hydrogen-bond acceptors (Lipinski definition) is 4. The van der Waals surface area contributed by atoms with Crippen molar-refractivity contribution in [2.24, 2.45) is 10.7 Å². The number of halogens is 1. The van der Waals surface area contributed by atoms with Gasteiger partial charge in [0.25, 0.3) is 0 Å². The summed E-state index contributed by atoms with van der Waals surface area (Å²) < 4.78 is 0. The predicted molar refractivity (Wildman–Crippen MR) is 95.9 cm³/mol. The Kier molecular flexibility index (Phi) is 3.94. The van der Waals surface area contributed by atoms with Gasteiger partial charge in [0.1, 0.15) is 5.54 Å². The zero-order valence-electron chi connectivity index (χ0n) is 13.3. The fourth-order valence-electron chi connectivity index (χ4n) is 2.64. The molecule has 4 nitrogen and oxygen atoms in total. The maximum Gasteiger partial charge on any atom is 0.231 e. The van der Waals surface area contributed by atoms with Crippen LogP contribution in [0.5, 0.6) is 0 Å². The van der Waals surface area contributed by atoms with Crippen LogP contribution in [0.4, 0.5) is 0 Å². The van der Waals surface area contributed by atoms with Gasteiger partial charge in [0.2, 0.25) is 5.91 Å². The van der Waals surface area contributed by atoms with E-state index in [1.54, 1.807) is 18.4 Å². The number of aliphatic imine (C=N–C) groups is 1. The average molecular weight is 348 g/mol. The Bertz CT molecular complexity index is 814. The molecule has 6 heteroatoms. The van der Waals surface area contributed by atoms with Crippen molar-refractivity contribution in [3.8, 4) is 11.1 Å². The van der Waals surface area contributed by atoms with Crippen LogP contribution in [0.3, 0.4) is 0 Å². The molecule has 120 valence electrons. The quantitative estimate of drug-likeness (QED) is 0.899. The molecule has 1 atom stereocenters. The molecular weight excluding hydrogens is 330 g/mol. The molecule has 0 saturated carbocycles. The van der Waals surface area contributed by atoms with E-state index in [9.17, 15) is 4.79 Å². The molecule has 2 aromatic rings. The van der Waals surface area contributed by atoms with Crippen molar-refractivity contribution >= 4 is 34.8 Å². The maximum atomic E-state index is 12.1. The number of guanidine groups is 1. The first-order valence-corrected chi connectivity index (χ1v) is 8.53. The molecule has 23 heavy (non-hydrogen) atoms. The molecule has 1 aromatic heterocycles. The van der Waals surface area contributed by atoms with Crippen molar-refractivity contribution in [1.29, 1.82) is 0 Å². The van der Waals surface area contributed by atoms with Crippen LogP contribution in [0.25, 0.3) is 11.1 Å². The summed E-state index contributed by atoms with van der Waals surface area (Å²) in [4.78, 5) is 19.1. The van der Waals surface area contributed by atoms with Gasteiger partial charge in [-0.05, 0) is 54.1 Å². The van der Waals surface area contributed by atoms with Crippen LogP contribution in [-0.2, 0) is 10.3 Å². The Labute approximate surface area is 144 Å². The van der Waals surface area contributed by atoms with Crippen molar-refractivity contribution in [3.63, 3.8) is 0 Å². The fraction of sp³-hybridized carbons (Fsp3) is 0.294. The monoisotopic (exact) mass is 347 g/mol. The number of aryl methyl sites for hydroxylation is 1. The van der Waals surface area contributed by atoms with Gasteiger partial charge in [-0.3, -0.25) is 9.69 Å². The lowest BCUT2D eigenvalue weighted by Crippen LogP contribution is -2.47. The minimum atomic E-state index is -0.599. The molecule has 0 aliphatic carbocycles. The van der Waals surface area contributed by atoms with Crippen molar-refractivity contribution < 1.29 is 4.79 Å². The third-order valence-corrected chi connectivity index (χ3v) is 5.80. The van der Waals surface area contributed by atoms with E-state index in [2.05, 4.69) is 22.5 Å². The molecule has 2 heterocycles. The molecule has 0 saturated heterocycles. The molecule has 0 fully saturated rings. The fourth-order valence-corrected chi connectivity index (χ4v) is 3.79. The van der Waals surface area contributed by atoms with Crippen LogP contribution in [0.2, 0.25) is 5.02 Å². The topological polar surface area (TPSA) is 58.7 Å². The Balaban J connectivity index is 1.98. The summed E-state index contributed by atoms with van der Waals surface area (Å²) in [6, 6.07) is 8.05. The molecule has 1 aromatic carbocycles. The smallest absolute Gasteiger partial charge is 0.231 e.